The Labute approximate surface area is 120 Å². The molecular weight excluding hydrogens is 276 g/mol. The van der Waals surface area contributed by atoms with Crippen LogP contribution in [0.5, 0.6) is 0 Å². The van der Waals surface area contributed by atoms with E-state index in [0.29, 0.717) is 11.7 Å². The maximum absolute atomic E-state index is 11.8. The summed E-state index contributed by atoms with van der Waals surface area (Å²) in [6.07, 6.45) is 6.11. The molecule has 0 spiro atoms. The summed E-state index contributed by atoms with van der Waals surface area (Å²) in [6.45, 7) is 1.89. The minimum atomic E-state index is -0.151. The van der Waals surface area contributed by atoms with Gasteiger partial charge in [0.15, 0.2) is 5.13 Å². The van der Waals surface area contributed by atoms with Crippen LogP contribution in [0.1, 0.15) is 18.5 Å². The zero-order chi connectivity index (χ0) is 13.8. The number of nitrogens with one attached hydrogen (secondary N) is 2. The Bertz CT molecular complexity index is 562. The molecule has 0 saturated heterocycles. The maximum atomic E-state index is 11.8. The van der Waals surface area contributed by atoms with Crippen molar-refractivity contribution in [3.63, 3.8) is 0 Å². The molecule has 0 aliphatic heterocycles. The summed E-state index contributed by atoms with van der Waals surface area (Å²) in [7, 11) is 0. The molecule has 0 bridgehead atoms. The van der Waals surface area contributed by atoms with Crippen molar-refractivity contribution in [2.24, 2.45) is 5.92 Å². The van der Waals surface area contributed by atoms with E-state index in [4.69, 9.17) is 0 Å². The molecule has 0 unspecified atom stereocenters. The third-order valence-electron chi connectivity index (χ3n) is 3.01. The van der Waals surface area contributed by atoms with Gasteiger partial charge >= 0.3 is 0 Å². The summed E-state index contributed by atoms with van der Waals surface area (Å²) >= 11 is 1.39. The van der Waals surface area contributed by atoms with Gasteiger partial charge in [0.05, 0.1) is 11.9 Å². The molecule has 1 aliphatic rings. The number of rotatable bonds is 7. The molecule has 8 heteroatoms. The second-order valence-corrected chi connectivity index (χ2v) is 5.76. The molecule has 20 heavy (non-hydrogen) atoms. The molecule has 1 aliphatic carbocycles. The summed E-state index contributed by atoms with van der Waals surface area (Å²) in [5.41, 5.74) is 0.854. The summed E-state index contributed by atoms with van der Waals surface area (Å²) in [4.78, 5) is 15.7. The van der Waals surface area contributed by atoms with Crippen LogP contribution >= 0.6 is 11.3 Å². The van der Waals surface area contributed by atoms with Crippen LogP contribution in [0.4, 0.5) is 5.13 Å². The Morgan fingerprint density at radius 2 is 2.40 bits per heavy atom. The summed E-state index contributed by atoms with van der Waals surface area (Å²) in [5.74, 6) is 0.691. The highest BCUT2D eigenvalue weighted by Gasteiger charge is 2.20. The number of anilines is 1. The van der Waals surface area contributed by atoms with Gasteiger partial charge in [-0.25, -0.2) is 9.67 Å². The van der Waals surface area contributed by atoms with Gasteiger partial charge in [0.1, 0.15) is 6.54 Å². The average molecular weight is 292 g/mol. The van der Waals surface area contributed by atoms with E-state index in [0.717, 1.165) is 18.2 Å². The topological polar surface area (TPSA) is 84.7 Å². The molecule has 1 fully saturated rings. The third-order valence-corrected chi connectivity index (χ3v) is 3.69. The molecule has 1 saturated carbocycles. The molecular formula is C12H16N6OS. The highest BCUT2D eigenvalue weighted by molar-refractivity contribution is 7.13. The molecule has 2 heterocycles. The fourth-order valence-electron chi connectivity index (χ4n) is 1.81. The minimum Gasteiger partial charge on any atom is -0.311 e. The number of hydrogen-bond acceptors (Lipinski definition) is 6. The van der Waals surface area contributed by atoms with Gasteiger partial charge in [0.25, 0.3) is 0 Å². The first-order chi connectivity index (χ1) is 9.79. The molecule has 0 radical (unpaired) electrons. The summed E-state index contributed by atoms with van der Waals surface area (Å²) < 4.78 is 1.54. The van der Waals surface area contributed by atoms with Crippen molar-refractivity contribution < 1.29 is 4.79 Å². The van der Waals surface area contributed by atoms with Gasteiger partial charge in [-0.2, -0.15) is 0 Å². The first-order valence-electron chi connectivity index (χ1n) is 6.58. The van der Waals surface area contributed by atoms with Crippen LogP contribution in [0.15, 0.2) is 17.8 Å². The van der Waals surface area contributed by atoms with Gasteiger partial charge in [-0.1, -0.05) is 5.21 Å². The minimum absolute atomic E-state index is 0.148. The van der Waals surface area contributed by atoms with E-state index in [-0.39, 0.29) is 12.5 Å². The first-order valence-corrected chi connectivity index (χ1v) is 7.46. The van der Waals surface area contributed by atoms with E-state index in [1.165, 1.54) is 28.9 Å². The lowest BCUT2D eigenvalue weighted by molar-refractivity contribution is -0.116. The van der Waals surface area contributed by atoms with E-state index in [2.05, 4.69) is 25.9 Å². The number of hydrogen-bond donors (Lipinski definition) is 2. The van der Waals surface area contributed by atoms with Crippen molar-refractivity contribution in [1.82, 2.24) is 25.3 Å². The number of carbonyl (C=O) groups excluding carboxylic acids is 1. The Balaban J connectivity index is 1.44. The SMILES string of the molecule is O=C(Cn1cc(CNCC2CC2)nn1)Nc1nccs1. The Kier molecular flexibility index (Phi) is 4.03. The van der Waals surface area contributed by atoms with Crippen molar-refractivity contribution >= 4 is 22.4 Å². The lowest BCUT2D eigenvalue weighted by atomic mass is 10.4. The van der Waals surface area contributed by atoms with E-state index in [1.54, 1.807) is 12.4 Å². The van der Waals surface area contributed by atoms with Gasteiger partial charge in [-0.05, 0) is 25.3 Å². The standard InChI is InChI=1S/C12H16N6OS/c19-11(15-12-14-3-4-20-12)8-18-7-10(16-17-18)6-13-5-9-1-2-9/h3-4,7,9,13H,1-2,5-6,8H2,(H,14,15,19). The highest BCUT2D eigenvalue weighted by atomic mass is 32.1. The Morgan fingerprint density at radius 3 is 3.15 bits per heavy atom. The smallest absolute Gasteiger partial charge is 0.247 e. The number of thiazole rings is 1. The second kappa shape index (κ2) is 6.10. The zero-order valence-corrected chi connectivity index (χ0v) is 11.8. The fourth-order valence-corrected chi connectivity index (χ4v) is 2.36. The summed E-state index contributed by atoms with van der Waals surface area (Å²) in [5, 5.41) is 16.5. The molecule has 2 N–H and O–H groups in total. The van der Waals surface area contributed by atoms with Gasteiger partial charge in [0, 0.05) is 18.1 Å². The van der Waals surface area contributed by atoms with Gasteiger partial charge < -0.3 is 10.6 Å². The molecule has 2 aromatic rings. The monoisotopic (exact) mass is 292 g/mol. The lowest BCUT2D eigenvalue weighted by Gasteiger charge is -2.01. The molecule has 0 atom stereocenters. The largest absolute Gasteiger partial charge is 0.311 e. The highest BCUT2D eigenvalue weighted by Crippen LogP contribution is 2.27. The molecule has 2 aromatic heterocycles. The van der Waals surface area contributed by atoms with Gasteiger partial charge in [0.2, 0.25) is 5.91 Å². The van der Waals surface area contributed by atoms with E-state index < -0.39 is 0 Å². The summed E-state index contributed by atoms with van der Waals surface area (Å²) in [6, 6.07) is 0. The van der Waals surface area contributed by atoms with Crippen LogP contribution in [0, 0.1) is 5.92 Å². The van der Waals surface area contributed by atoms with E-state index in [1.807, 2.05) is 5.38 Å². The maximum Gasteiger partial charge on any atom is 0.247 e. The second-order valence-electron chi connectivity index (χ2n) is 4.87. The van der Waals surface area contributed by atoms with Crippen LogP contribution in [0.3, 0.4) is 0 Å². The predicted octanol–water partition coefficient (Wildman–Crippen LogP) is 0.873. The molecule has 106 valence electrons. The van der Waals surface area contributed by atoms with Crippen molar-refractivity contribution in [2.45, 2.75) is 25.9 Å². The molecule has 7 nitrogen and oxygen atoms in total. The number of amides is 1. The van der Waals surface area contributed by atoms with Gasteiger partial charge in [-0.15, -0.1) is 16.4 Å². The van der Waals surface area contributed by atoms with Crippen LogP contribution in [0.2, 0.25) is 0 Å². The fraction of sp³-hybridized carbons (Fsp3) is 0.500. The van der Waals surface area contributed by atoms with E-state index in [9.17, 15) is 4.79 Å². The third kappa shape index (κ3) is 3.84. The van der Waals surface area contributed by atoms with Gasteiger partial charge in [-0.3, -0.25) is 4.79 Å². The van der Waals surface area contributed by atoms with Crippen molar-refractivity contribution in [2.75, 3.05) is 11.9 Å². The van der Waals surface area contributed by atoms with Crippen molar-refractivity contribution in [1.29, 1.82) is 0 Å². The lowest BCUT2D eigenvalue weighted by Crippen LogP contribution is -2.19. The normalized spacial score (nSPS) is 14.4. The predicted molar refractivity (Wildman–Crippen MR) is 75.2 cm³/mol. The molecule has 1 amide bonds. The Morgan fingerprint density at radius 1 is 1.50 bits per heavy atom. The van der Waals surface area contributed by atoms with Crippen LogP contribution < -0.4 is 10.6 Å². The van der Waals surface area contributed by atoms with Crippen LogP contribution in [0.25, 0.3) is 0 Å². The number of nitrogens with zero attached hydrogens (tertiary/aromatic N) is 4. The number of carbonyl (C=O) groups is 1. The molecule has 0 aromatic carbocycles. The zero-order valence-electron chi connectivity index (χ0n) is 11.0. The van der Waals surface area contributed by atoms with Crippen molar-refractivity contribution in [3.8, 4) is 0 Å². The quantitative estimate of drug-likeness (QED) is 0.791. The van der Waals surface area contributed by atoms with Crippen molar-refractivity contribution in [3.05, 3.63) is 23.5 Å². The first kappa shape index (κ1) is 13.2. The van der Waals surface area contributed by atoms with E-state index >= 15 is 0 Å². The van der Waals surface area contributed by atoms with Crippen LogP contribution in [-0.2, 0) is 17.9 Å². The average Bonchev–Trinajstić information content (AvgIpc) is 2.91. The molecule has 3 rings (SSSR count). The number of aromatic nitrogens is 4. The van der Waals surface area contributed by atoms with Crippen LogP contribution in [-0.4, -0.2) is 32.4 Å². The Hall–Kier alpha value is -1.80.